The largest absolute Gasteiger partial charge is 0.323 e. The zero-order valence-electron chi connectivity index (χ0n) is 8.79. The lowest BCUT2D eigenvalue weighted by atomic mass is 10.2. The van der Waals surface area contributed by atoms with Gasteiger partial charge in [0.15, 0.2) is 0 Å². The predicted molar refractivity (Wildman–Crippen MR) is 58.6 cm³/mol. The van der Waals surface area contributed by atoms with E-state index in [1.165, 1.54) is 0 Å². The zero-order valence-corrected chi connectivity index (χ0v) is 8.79. The maximum absolute atomic E-state index is 11.7. The third-order valence-corrected chi connectivity index (χ3v) is 2.52. The van der Waals surface area contributed by atoms with Gasteiger partial charge in [-0.1, -0.05) is 0 Å². The number of aromatic nitrogens is 1. The number of anilines is 1. The summed E-state index contributed by atoms with van der Waals surface area (Å²) in [6, 6.07) is 1.88. The molecule has 1 aliphatic rings. The lowest BCUT2D eigenvalue weighted by Crippen LogP contribution is -2.35. The number of nitrogens with one attached hydrogen (secondary N) is 2. The van der Waals surface area contributed by atoms with Crippen molar-refractivity contribution in [1.29, 1.82) is 0 Å². The normalized spacial score (nSPS) is 20.2. The number of aryl methyl sites for hydroxylation is 1. The molecular formula is C11H15N3O. The van der Waals surface area contributed by atoms with Gasteiger partial charge in [0.05, 0.1) is 17.9 Å². The molecule has 0 spiro atoms. The predicted octanol–water partition coefficient (Wildman–Crippen LogP) is 1.08. The van der Waals surface area contributed by atoms with Crippen LogP contribution in [0.2, 0.25) is 0 Å². The van der Waals surface area contributed by atoms with E-state index in [-0.39, 0.29) is 11.9 Å². The summed E-state index contributed by atoms with van der Waals surface area (Å²) in [4.78, 5) is 15.8. The molecule has 4 nitrogen and oxygen atoms in total. The molecule has 0 radical (unpaired) electrons. The van der Waals surface area contributed by atoms with E-state index in [4.69, 9.17) is 0 Å². The van der Waals surface area contributed by atoms with Gasteiger partial charge in [0.1, 0.15) is 0 Å². The van der Waals surface area contributed by atoms with Crippen molar-refractivity contribution in [2.45, 2.75) is 25.8 Å². The van der Waals surface area contributed by atoms with Crippen LogP contribution < -0.4 is 10.6 Å². The summed E-state index contributed by atoms with van der Waals surface area (Å²) in [5.41, 5.74) is 1.82. The smallest absolute Gasteiger partial charge is 0.241 e. The molecule has 0 bridgehead atoms. The Morgan fingerprint density at radius 3 is 3.13 bits per heavy atom. The van der Waals surface area contributed by atoms with Crippen molar-refractivity contribution in [2.75, 3.05) is 11.9 Å². The number of hydrogen-bond acceptors (Lipinski definition) is 3. The molecule has 0 saturated carbocycles. The summed E-state index contributed by atoms with van der Waals surface area (Å²) < 4.78 is 0. The van der Waals surface area contributed by atoms with Crippen LogP contribution in [0.15, 0.2) is 18.5 Å². The Hall–Kier alpha value is -1.42. The van der Waals surface area contributed by atoms with E-state index in [1.54, 1.807) is 12.4 Å². The van der Waals surface area contributed by atoms with Crippen LogP contribution in [0, 0.1) is 6.92 Å². The second-order valence-corrected chi connectivity index (χ2v) is 3.89. The number of amides is 1. The van der Waals surface area contributed by atoms with Gasteiger partial charge in [-0.2, -0.15) is 0 Å². The number of nitrogens with zero attached hydrogens (tertiary/aromatic N) is 1. The first-order valence-electron chi connectivity index (χ1n) is 5.21. The first-order chi connectivity index (χ1) is 7.25. The second kappa shape index (κ2) is 4.40. The first-order valence-corrected chi connectivity index (χ1v) is 5.21. The van der Waals surface area contributed by atoms with Crippen LogP contribution in [0.1, 0.15) is 18.4 Å². The quantitative estimate of drug-likeness (QED) is 0.759. The minimum Gasteiger partial charge on any atom is -0.323 e. The SMILES string of the molecule is Cc1cncc(NC(=O)[C@@H]2CCCN2)c1. The van der Waals surface area contributed by atoms with Gasteiger partial charge in [0.2, 0.25) is 5.91 Å². The molecule has 2 rings (SSSR count). The summed E-state index contributed by atoms with van der Waals surface area (Å²) in [5.74, 6) is 0.0416. The topological polar surface area (TPSA) is 54.0 Å². The van der Waals surface area contributed by atoms with Crippen LogP contribution >= 0.6 is 0 Å². The maximum atomic E-state index is 11.7. The fraction of sp³-hybridized carbons (Fsp3) is 0.455. The van der Waals surface area contributed by atoms with Gasteiger partial charge in [-0.05, 0) is 37.9 Å². The van der Waals surface area contributed by atoms with Crippen molar-refractivity contribution in [1.82, 2.24) is 10.3 Å². The lowest BCUT2D eigenvalue weighted by Gasteiger charge is -2.10. The Bertz CT molecular complexity index is 359. The van der Waals surface area contributed by atoms with Crippen LogP contribution in [0.4, 0.5) is 5.69 Å². The Balaban J connectivity index is 1.99. The van der Waals surface area contributed by atoms with Gasteiger partial charge in [-0.25, -0.2) is 0 Å². The van der Waals surface area contributed by atoms with Crippen molar-refractivity contribution in [3.8, 4) is 0 Å². The third kappa shape index (κ3) is 2.53. The van der Waals surface area contributed by atoms with Crippen molar-refractivity contribution in [2.24, 2.45) is 0 Å². The van der Waals surface area contributed by atoms with Crippen LogP contribution in [-0.2, 0) is 4.79 Å². The fourth-order valence-electron chi connectivity index (χ4n) is 1.76. The maximum Gasteiger partial charge on any atom is 0.241 e. The summed E-state index contributed by atoms with van der Waals surface area (Å²) in [5, 5.41) is 6.02. The number of rotatable bonds is 2. The van der Waals surface area contributed by atoms with E-state index in [2.05, 4.69) is 15.6 Å². The molecule has 1 aromatic heterocycles. The summed E-state index contributed by atoms with van der Waals surface area (Å²) in [6.45, 7) is 2.89. The van der Waals surface area contributed by atoms with E-state index in [0.29, 0.717) is 0 Å². The van der Waals surface area contributed by atoms with Crippen molar-refractivity contribution < 1.29 is 4.79 Å². The Morgan fingerprint density at radius 1 is 1.60 bits per heavy atom. The van der Waals surface area contributed by atoms with Gasteiger partial charge in [0, 0.05) is 6.20 Å². The lowest BCUT2D eigenvalue weighted by molar-refractivity contribution is -0.117. The standard InChI is InChI=1S/C11H15N3O/c1-8-5-9(7-12-6-8)14-11(15)10-3-2-4-13-10/h5-7,10,13H,2-4H2,1H3,(H,14,15)/t10-/m0/s1. The highest BCUT2D eigenvalue weighted by Gasteiger charge is 2.21. The highest BCUT2D eigenvalue weighted by Crippen LogP contribution is 2.11. The highest BCUT2D eigenvalue weighted by molar-refractivity contribution is 5.94. The molecule has 1 amide bonds. The molecular weight excluding hydrogens is 190 g/mol. The van der Waals surface area contributed by atoms with E-state index < -0.39 is 0 Å². The molecule has 4 heteroatoms. The molecule has 2 heterocycles. The van der Waals surface area contributed by atoms with E-state index in [0.717, 1.165) is 30.6 Å². The van der Waals surface area contributed by atoms with Crippen LogP contribution in [0.25, 0.3) is 0 Å². The molecule has 0 aromatic carbocycles. The van der Waals surface area contributed by atoms with Gasteiger partial charge >= 0.3 is 0 Å². The molecule has 80 valence electrons. The molecule has 1 aliphatic heterocycles. The van der Waals surface area contributed by atoms with Crippen molar-refractivity contribution in [3.63, 3.8) is 0 Å². The Morgan fingerprint density at radius 2 is 2.47 bits per heavy atom. The molecule has 1 saturated heterocycles. The van der Waals surface area contributed by atoms with Gasteiger partial charge < -0.3 is 10.6 Å². The van der Waals surface area contributed by atoms with E-state index in [9.17, 15) is 4.79 Å². The minimum absolute atomic E-state index is 0.0366. The van der Waals surface area contributed by atoms with E-state index in [1.807, 2.05) is 13.0 Å². The molecule has 1 fully saturated rings. The Labute approximate surface area is 89.1 Å². The molecule has 15 heavy (non-hydrogen) atoms. The number of hydrogen-bond donors (Lipinski definition) is 2. The van der Waals surface area contributed by atoms with Crippen LogP contribution in [-0.4, -0.2) is 23.5 Å². The third-order valence-electron chi connectivity index (χ3n) is 2.52. The van der Waals surface area contributed by atoms with Crippen LogP contribution in [0.5, 0.6) is 0 Å². The minimum atomic E-state index is -0.0366. The number of carbonyl (C=O) groups excluding carboxylic acids is 1. The number of pyridine rings is 1. The van der Waals surface area contributed by atoms with Crippen molar-refractivity contribution >= 4 is 11.6 Å². The second-order valence-electron chi connectivity index (χ2n) is 3.89. The number of carbonyl (C=O) groups is 1. The van der Waals surface area contributed by atoms with Gasteiger partial charge in [-0.15, -0.1) is 0 Å². The molecule has 0 unspecified atom stereocenters. The first kappa shape index (κ1) is 10.1. The molecule has 2 N–H and O–H groups in total. The average Bonchev–Trinajstić information content (AvgIpc) is 2.70. The summed E-state index contributed by atoms with van der Waals surface area (Å²) >= 11 is 0. The average molecular weight is 205 g/mol. The highest BCUT2D eigenvalue weighted by atomic mass is 16.2. The van der Waals surface area contributed by atoms with Gasteiger partial charge in [0.25, 0.3) is 0 Å². The fourth-order valence-corrected chi connectivity index (χ4v) is 1.76. The molecule has 1 aromatic rings. The monoisotopic (exact) mass is 205 g/mol. The molecule has 0 aliphatic carbocycles. The Kier molecular flexibility index (Phi) is 2.97. The zero-order chi connectivity index (χ0) is 10.7. The molecule has 1 atom stereocenters. The van der Waals surface area contributed by atoms with E-state index >= 15 is 0 Å². The summed E-state index contributed by atoms with van der Waals surface area (Å²) in [6.07, 6.45) is 5.43. The van der Waals surface area contributed by atoms with Crippen LogP contribution in [0.3, 0.4) is 0 Å². The van der Waals surface area contributed by atoms with Gasteiger partial charge in [-0.3, -0.25) is 9.78 Å². The van der Waals surface area contributed by atoms with Crippen molar-refractivity contribution in [3.05, 3.63) is 24.0 Å². The summed E-state index contributed by atoms with van der Waals surface area (Å²) in [7, 11) is 0.